The largest absolute Gasteiger partial charge is 0.352 e. The standard InChI is InChI=1S/C9H18BrNO/c1-5-7(6-2)11-8(12)9(3,4)10/h7H,5-6H2,1-4H3,(H,11,12). The van der Waals surface area contributed by atoms with Crippen LogP contribution in [0.4, 0.5) is 0 Å². The molecular formula is C9H18BrNO. The van der Waals surface area contributed by atoms with Crippen LogP contribution in [0.25, 0.3) is 0 Å². The molecule has 0 saturated carbocycles. The van der Waals surface area contributed by atoms with Gasteiger partial charge in [-0.2, -0.15) is 0 Å². The summed E-state index contributed by atoms with van der Waals surface area (Å²) < 4.78 is -0.449. The fourth-order valence-electron chi connectivity index (χ4n) is 0.850. The van der Waals surface area contributed by atoms with Crippen LogP contribution in [-0.2, 0) is 4.79 Å². The van der Waals surface area contributed by atoms with Crippen molar-refractivity contribution in [3.63, 3.8) is 0 Å². The number of alkyl halides is 1. The zero-order chi connectivity index (χ0) is 9.78. The second kappa shape index (κ2) is 4.85. The lowest BCUT2D eigenvalue weighted by Gasteiger charge is -2.21. The first-order chi connectivity index (χ1) is 5.41. The van der Waals surface area contributed by atoms with E-state index in [2.05, 4.69) is 35.1 Å². The van der Waals surface area contributed by atoms with Gasteiger partial charge in [0.05, 0.1) is 4.32 Å². The highest BCUT2D eigenvalue weighted by Crippen LogP contribution is 2.16. The Bertz CT molecular complexity index is 147. The molecule has 0 bridgehead atoms. The van der Waals surface area contributed by atoms with Gasteiger partial charge in [0.25, 0.3) is 0 Å². The van der Waals surface area contributed by atoms with Crippen molar-refractivity contribution in [2.24, 2.45) is 0 Å². The average molecular weight is 236 g/mol. The third kappa shape index (κ3) is 4.10. The van der Waals surface area contributed by atoms with E-state index in [-0.39, 0.29) is 5.91 Å². The summed E-state index contributed by atoms with van der Waals surface area (Å²) in [6, 6.07) is 0.314. The Balaban J connectivity index is 3.99. The maximum absolute atomic E-state index is 11.4. The molecule has 0 radical (unpaired) electrons. The number of halogens is 1. The van der Waals surface area contributed by atoms with Gasteiger partial charge in [0.1, 0.15) is 0 Å². The van der Waals surface area contributed by atoms with E-state index in [1.54, 1.807) is 0 Å². The van der Waals surface area contributed by atoms with Crippen LogP contribution in [0.3, 0.4) is 0 Å². The summed E-state index contributed by atoms with van der Waals surface area (Å²) in [4.78, 5) is 11.4. The minimum absolute atomic E-state index is 0.0659. The molecule has 1 N–H and O–H groups in total. The van der Waals surface area contributed by atoms with Crippen LogP contribution in [0.5, 0.6) is 0 Å². The lowest BCUT2D eigenvalue weighted by Crippen LogP contribution is -2.43. The zero-order valence-corrected chi connectivity index (χ0v) is 9.86. The smallest absolute Gasteiger partial charge is 0.236 e. The quantitative estimate of drug-likeness (QED) is 0.746. The highest BCUT2D eigenvalue weighted by molar-refractivity contribution is 9.10. The van der Waals surface area contributed by atoms with Gasteiger partial charge in [0, 0.05) is 6.04 Å². The first kappa shape index (κ1) is 11.9. The molecule has 2 nitrogen and oxygen atoms in total. The second-order valence-electron chi connectivity index (χ2n) is 3.46. The summed E-state index contributed by atoms with van der Waals surface area (Å²) in [5, 5.41) is 2.97. The van der Waals surface area contributed by atoms with E-state index in [1.807, 2.05) is 13.8 Å². The molecule has 0 spiro atoms. The predicted octanol–water partition coefficient (Wildman–Crippen LogP) is 2.46. The topological polar surface area (TPSA) is 29.1 Å². The van der Waals surface area contributed by atoms with Gasteiger partial charge >= 0.3 is 0 Å². The SMILES string of the molecule is CCC(CC)NC(=O)C(C)(C)Br. The number of nitrogens with one attached hydrogen (secondary N) is 1. The minimum Gasteiger partial charge on any atom is -0.352 e. The monoisotopic (exact) mass is 235 g/mol. The van der Waals surface area contributed by atoms with Crippen LogP contribution < -0.4 is 5.32 Å². The van der Waals surface area contributed by atoms with Gasteiger partial charge in [-0.05, 0) is 26.7 Å². The molecule has 0 fully saturated rings. The zero-order valence-electron chi connectivity index (χ0n) is 8.28. The van der Waals surface area contributed by atoms with Crippen molar-refractivity contribution in [3.05, 3.63) is 0 Å². The van der Waals surface area contributed by atoms with Crippen LogP contribution in [0.2, 0.25) is 0 Å². The number of carbonyl (C=O) groups excluding carboxylic acids is 1. The van der Waals surface area contributed by atoms with E-state index >= 15 is 0 Å². The summed E-state index contributed by atoms with van der Waals surface area (Å²) in [6.45, 7) is 7.86. The number of hydrogen-bond donors (Lipinski definition) is 1. The van der Waals surface area contributed by atoms with Gasteiger partial charge in [0.2, 0.25) is 5.91 Å². The van der Waals surface area contributed by atoms with Crippen LogP contribution in [0.1, 0.15) is 40.5 Å². The van der Waals surface area contributed by atoms with Crippen molar-refractivity contribution >= 4 is 21.8 Å². The van der Waals surface area contributed by atoms with Gasteiger partial charge in [-0.1, -0.05) is 29.8 Å². The highest BCUT2D eigenvalue weighted by atomic mass is 79.9. The molecule has 3 heteroatoms. The van der Waals surface area contributed by atoms with Crippen molar-refractivity contribution in [3.8, 4) is 0 Å². The molecule has 1 amide bonds. The maximum atomic E-state index is 11.4. The molecule has 0 heterocycles. The molecule has 0 aliphatic rings. The Hall–Kier alpha value is -0.0500. The van der Waals surface area contributed by atoms with Crippen molar-refractivity contribution < 1.29 is 4.79 Å². The predicted molar refractivity (Wildman–Crippen MR) is 55.5 cm³/mol. The summed E-state index contributed by atoms with van der Waals surface area (Å²) in [6.07, 6.45) is 1.98. The van der Waals surface area contributed by atoms with E-state index in [9.17, 15) is 4.79 Å². The van der Waals surface area contributed by atoms with E-state index in [0.29, 0.717) is 6.04 Å². The molecule has 0 atom stereocenters. The van der Waals surface area contributed by atoms with Crippen molar-refractivity contribution in [1.29, 1.82) is 0 Å². The van der Waals surface area contributed by atoms with Crippen LogP contribution >= 0.6 is 15.9 Å². The Morgan fingerprint density at radius 1 is 1.42 bits per heavy atom. The molecule has 0 saturated heterocycles. The summed E-state index contributed by atoms with van der Waals surface area (Å²) in [7, 11) is 0. The van der Waals surface area contributed by atoms with E-state index in [4.69, 9.17) is 0 Å². The third-order valence-corrected chi connectivity index (χ3v) is 2.22. The molecule has 72 valence electrons. The van der Waals surface area contributed by atoms with Crippen LogP contribution in [0, 0.1) is 0 Å². The fourth-order valence-corrected chi connectivity index (χ4v) is 0.964. The Morgan fingerprint density at radius 2 is 1.83 bits per heavy atom. The van der Waals surface area contributed by atoms with E-state index in [0.717, 1.165) is 12.8 Å². The Kier molecular flexibility index (Phi) is 4.83. The highest BCUT2D eigenvalue weighted by Gasteiger charge is 2.24. The fraction of sp³-hybridized carbons (Fsp3) is 0.889. The van der Waals surface area contributed by atoms with Gasteiger partial charge in [-0.25, -0.2) is 0 Å². The van der Waals surface area contributed by atoms with Gasteiger partial charge in [-0.15, -0.1) is 0 Å². The molecule has 0 aromatic rings. The van der Waals surface area contributed by atoms with Gasteiger partial charge < -0.3 is 5.32 Å². The summed E-state index contributed by atoms with van der Waals surface area (Å²) in [5.41, 5.74) is 0. The van der Waals surface area contributed by atoms with Crippen LogP contribution in [0.15, 0.2) is 0 Å². The number of amides is 1. The van der Waals surface area contributed by atoms with Gasteiger partial charge in [0.15, 0.2) is 0 Å². The van der Waals surface area contributed by atoms with E-state index < -0.39 is 4.32 Å². The van der Waals surface area contributed by atoms with Crippen molar-refractivity contribution in [1.82, 2.24) is 5.32 Å². The van der Waals surface area contributed by atoms with Gasteiger partial charge in [-0.3, -0.25) is 4.79 Å². The number of hydrogen-bond acceptors (Lipinski definition) is 1. The third-order valence-electron chi connectivity index (χ3n) is 1.86. The Labute approximate surface area is 83.2 Å². The lowest BCUT2D eigenvalue weighted by molar-refractivity contribution is -0.123. The average Bonchev–Trinajstić information content (AvgIpc) is 1.97. The van der Waals surface area contributed by atoms with Crippen LogP contribution in [-0.4, -0.2) is 16.3 Å². The number of carbonyl (C=O) groups is 1. The minimum atomic E-state index is -0.449. The maximum Gasteiger partial charge on any atom is 0.236 e. The summed E-state index contributed by atoms with van der Waals surface area (Å²) in [5.74, 6) is 0.0659. The first-order valence-electron chi connectivity index (χ1n) is 4.41. The van der Waals surface area contributed by atoms with Crippen molar-refractivity contribution in [2.45, 2.75) is 50.9 Å². The van der Waals surface area contributed by atoms with Crippen molar-refractivity contribution in [2.75, 3.05) is 0 Å². The molecule has 0 unspecified atom stereocenters. The molecule has 0 aromatic carbocycles. The molecular weight excluding hydrogens is 218 g/mol. The molecule has 0 aromatic heterocycles. The summed E-state index contributed by atoms with van der Waals surface area (Å²) >= 11 is 3.32. The lowest BCUT2D eigenvalue weighted by atomic mass is 10.1. The molecule has 12 heavy (non-hydrogen) atoms. The number of rotatable bonds is 4. The molecule has 0 rings (SSSR count). The first-order valence-corrected chi connectivity index (χ1v) is 5.21. The normalized spacial score (nSPS) is 11.8. The second-order valence-corrected chi connectivity index (χ2v) is 5.44. The van der Waals surface area contributed by atoms with E-state index in [1.165, 1.54) is 0 Å². The Morgan fingerprint density at radius 3 is 2.08 bits per heavy atom. The molecule has 0 aliphatic carbocycles. The molecule has 0 aliphatic heterocycles.